The predicted molar refractivity (Wildman–Crippen MR) is 71.9 cm³/mol. The van der Waals surface area contributed by atoms with Crippen LogP contribution < -0.4 is 4.74 Å². The first-order valence-electron chi connectivity index (χ1n) is 5.54. The molecule has 0 fully saturated rings. The molecule has 1 aliphatic heterocycles. The van der Waals surface area contributed by atoms with Crippen LogP contribution in [0.15, 0.2) is 46.0 Å². The van der Waals surface area contributed by atoms with Gasteiger partial charge in [0.1, 0.15) is 16.5 Å². The summed E-state index contributed by atoms with van der Waals surface area (Å²) in [5, 5.41) is 9.84. The maximum absolute atomic E-state index is 11.0. The number of rotatable bonds is 3. The molecule has 19 heavy (non-hydrogen) atoms. The minimum Gasteiger partial charge on any atom is -0.497 e. The van der Waals surface area contributed by atoms with Gasteiger partial charge in [-0.1, -0.05) is 12.1 Å². The van der Waals surface area contributed by atoms with Gasteiger partial charge in [-0.15, -0.1) is 21.6 Å². The summed E-state index contributed by atoms with van der Waals surface area (Å²) in [4.78, 5) is 15.5. The van der Waals surface area contributed by atoms with Crippen LogP contribution in [0, 0.1) is 0 Å². The molecule has 1 aromatic heterocycles. The van der Waals surface area contributed by atoms with Crippen LogP contribution in [0.3, 0.4) is 0 Å². The zero-order valence-corrected chi connectivity index (χ0v) is 10.8. The average molecular weight is 271 g/mol. The van der Waals surface area contributed by atoms with E-state index in [1.807, 2.05) is 29.6 Å². The summed E-state index contributed by atoms with van der Waals surface area (Å²) in [6.07, 6.45) is 1.38. The van der Waals surface area contributed by atoms with Crippen molar-refractivity contribution < 1.29 is 9.53 Å². The first-order valence-corrected chi connectivity index (χ1v) is 6.42. The van der Waals surface area contributed by atoms with Crippen molar-refractivity contribution >= 4 is 22.9 Å². The lowest BCUT2D eigenvalue weighted by Crippen LogP contribution is -1.84. The van der Waals surface area contributed by atoms with Crippen molar-refractivity contribution in [3.05, 3.63) is 40.7 Å². The number of carbonyl (C=O) groups is 1. The van der Waals surface area contributed by atoms with Gasteiger partial charge in [0, 0.05) is 17.0 Å². The second-order valence-electron chi connectivity index (χ2n) is 3.84. The lowest BCUT2D eigenvalue weighted by molar-refractivity contribution is -0.113. The number of methoxy groups -OCH3 is 1. The summed E-state index contributed by atoms with van der Waals surface area (Å²) in [5.41, 5.74) is 2.31. The predicted octanol–water partition coefficient (Wildman–Crippen LogP) is 3.15. The minimum absolute atomic E-state index is 0.340. The molecule has 1 aliphatic rings. The number of ether oxygens (including phenoxy) is 1. The molecule has 0 atom stereocenters. The Bertz CT molecular complexity index is 703. The zero-order chi connectivity index (χ0) is 13.2. The van der Waals surface area contributed by atoms with Crippen molar-refractivity contribution in [2.45, 2.75) is 0 Å². The van der Waals surface area contributed by atoms with Crippen LogP contribution in [0.4, 0.5) is 0 Å². The van der Waals surface area contributed by atoms with Crippen LogP contribution in [0.25, 0.3) is 17.0 Å². The molecule has 0 N–H and O–H groups in total. The van der Waals surface area contributed by atoms with Crippen LogP contribution in [-0.2, 0) is 4.79 Å². The Morgan fingerprint density at radius 2 is 2.16 bits per heavy atom. The van der Waals surface area contributed by atoms with Gasteiger partial charge in [-0.2, -0.15) is 0 Å². The number of aromatic nitrogens is 1. The van der Waals surface area contributed by atoms with Crippen LogP contribution >= 0.6 is 11.3 Å². The van der Waals surface area contributed by atoms with Crippen molar-refractivity contribution in [3.8, 4) is 17.0 Å². The number of carbonyl (C=O) groups excluding carboxylic acids is 1. The van der Waals surface area contributed by atoms with Crippen molar-refractivity contribution in [2.75, 3.05) is 7.11 Å². The molecule has 94 valence electrons. The molecule has 0 saturated heterocycles. The van der Waals surface area contributed by atoms with Crippen LogP contribution in [0.1, 0.15) is 5.01 Å². The number of hydrogen-bond donors (Lipinski definition) is 0. The smallest absolute Gasteiger partial charge is 0.290 e. The molecule has 0 radical (unpaired) electrons. The van der Waals surface area contributed by atoms with Gasteiger partial charge in [0.2, 0.25) is 0 Å². The quantitative estimate of drug-likeness (QED) is 0.861. The van der Waals surface area contributed by atoms with Crippen molar-refractivity contribution in [3.63, 3.8) is 0 Å². The van der Waals surface area contributed by atoms with Crippen molar-refractivity contribution in [1.82, 2.24) is 4.98 Å². The van der Waals surface area contributed by atoms with Crippen molar-refractivity contribution in [1.29, 1.82) is 0 Å². The molecule has 5 nitrogen and oxygen atoms in total. The highest BCUT2D eigenvalue weighted by molar-refractivity contribution is 7.11. The Balaban J connectivity index is 1.95. The molecule has 3 rings (SSSR count). The Hall–Kier alpha value is -2.34. The maximum Gasteiger partial charge on any atom is 0.290 e. The monoisotopic (exact) mass is 271 g/mol. The summed E-state index contributed by atoms with van der Waals surface area (Å²) in [7, 11) is 1.63. The summed E-state index contributed by atoms with van der Waals surface area (Å²) in [6, 6.07) is 7.65. The number of thiazole rings is 1. The highest BCUT2D eigenvalue weighted by atomic mass is 32.1. The number of amides is 1. The number of hydrogen-bond acceptors (Lipinski definition) is 5. The molecular formula is C13H9N3O2S. The molecule has 6 heteroatoms. The minimum atomic E-state index is -0.340. The van der Waals surface area contributed by atoms with E-state index in [-0.39, 0.29) is 5.91 Å². The van der Waals surface area contributed by atoms with E-state index in [4.69, 9.17) is 4.74 Å². The lowest BCUT2D eigenvalue weighted by Gasteiger charge is -2.01. The van der Waals surface area contributed by atoms with Crippen LogP contribution in [0.5, 0.6) is 5.75 Å². The summed E-state index contributed by atoms with van der Waals surface area (Å²) < 4.78 is 5.18. The Morgan fingerprint density at radius 1 is 1.26 bits per heavy atom. The summed E-state index contributed by atoms with van der Waals surface area (Å²) in [5.74, 6) is 0.440. The van der Waals surface area contributed by atoms with Gasteiger partial charge in [-0.3, -0.25) is 4.79 Å². The van der Waals surface area contributed by atoms with E-state index in [2.05, 4.69) is 15.2 Å². The zero-order valence-electron chi connectivity index (χ0n) is 10.0. The number of benzene rings is 1. The third-order valence-corrected chi connectivity index (χ3v) is 3.47. The number of azo groups is 1. The van der Waals surface area contributed by atoms with E-state index in [9.17, 15) is 4.79 Å². The molecule has 0 saturated carbocycles. The molecule has 0 aliphatic carbocycles. The van der Waals surface area contributed by atoms with Gasteiger partial charge >= 0.3 is 0 Å². The molecule has 1 amide bonds. The standard InChI is InChI=1S/C13H9N3O2S/c1-18-9-4-2-3-8(5-9)11-7-19-13(14-11)10-6-12(17)16-15-10/h2-7H,1H3. The fraction of sp³-hybridized carbons (Fsp3) is 0.0769. The van der Waals surface area contributed by atoms with Gasteiger partial charge < -0.3 is 4.74 Å². The van der Waals surface area contributed by atoms with E-state index in [0.29, 0.717) is 10.7 Å². The molecule has 0 spiro atoms. The van der Waals surface area contributed by atoms with Gasteiger partial charge in [-0.05, 0) is 12.1 Å². The normalized spacial score (nSPS) is 13.7. The van der Waals surface area contributed by atoms with Gasteiger partial charge in [0.25, 0.3) is 5.91 Å². The second kappa shape index (κ2) is 4.74. The fourth-order valence-corrected chi connectivity index (χ4v) is 2.47. The summed E-state index contributed by atoms with van der Waals surface area (Å²) in [6.45, 7) is 0. The van der Waals surface area contributed by atoms with E-state index < -0.39 is 0 Å². The molecule has 0 unspecified atom stereocenters. The Labute approximate surface area is 113 Å². The molecule has 1 aromatic carbocycles. The highest BCUT2D eigenvalue weighted by Gasteiger charge is 2.14. The highest BCUT2D eigenvalue weighted by Crippen LogP contribution is 2.30. The Kier molecular flexibility index (Phi) is 2.92. The SMILES string of the molecule is COc1cccc(-c2csc(C3=CC(=O)N=N3)n2)c1. The topological polar surface area (TPSA) is 63.9 Å². The van der Waals surface area contributed by atoms with E-state index in [1.165, 1.54) is 17.4 Å². The molecule has 2 heterocycles. The van der Waals surface area contributed by atoms with E-state index in [1.54, 1.807) is 7.11 Å². The maximum atomic E-state index is 11.0. The lowest BCUT2D eigenvalue weighted by atomic mass is 10.2. The third-order valence-electron chi connectivity index (χ3n) is 2.61. The number of nitrogens with zero attached hydrogens (tertiary/aromatic N) is 3. The van der Waals surface area contributed by atoms with Crippen LogP contribution in [-0.4, -0.2) is 18.0 Å². The molecular weight excluding hydrogens is 262 g/mol. The van der Waals surface area contributed by atoms with Gasteiger partial charge in [-0.25, -0.2) is 4.98 Å². The largest absolute Gasteiger partial charge is 0.497 e. The second-order valence-corrected chi connectivity index (χ2v) is 4.70. The first kappa shape index (κ1) is 11.7. The molecule has 0 bridgehead atoms. The Morgan fingerprint density at radius 3 is 2.89 bits per heavy atom. The third kappa shape index (κ3) is 2.30. The first-order chi connectivity index (χ1) is 9.26. The fourth-order valence-electron chi connectivity index (χ4n) is 1.69. The van der Waals surface area contributed by atoms with Crippen LogP contribution in [0.2, 0.25) is 0 Å². The summed E-state index contributed by atoms with van der Waals surface area (Å²) >= 11 is 1.43. The molecule has 2 aromatic rings. The van der Waals surface area contributed by atoms with Gasteiger partial charge in [0.15, 0.2) is 0 Å². The van der Waals surface area contributed by atoms with E-state index >= 15 is 0 Å². The van der Waals surface area contributed by atoms with Gasteiger partial charge in [0.05, 0.1) is 12.8 Å². The average Bonchev–Trinajstić information content (AvgIpc) is 3.07. The van der Waals surface area contributed by atoms with Crippen molar-refractivity contribution in [2.24, 2.45) is 10.2 Å². The van der Waals surface area contributed by atoms with E-state index in [0.717, 1.165) is 17.0 Å².